The van der Waals surface area contributed by atoms with E-state index < -0.39 is 18.8 Å². The zero-order valence-corrected chi connectivity index (χ0v) is 8.02. The molecule has 72 valence electrons. The van der Waals surface area contributed by atoms with Crippen LogP contribution in [0.2, 0.25) is 0 Å². The second-order valence-electron chi connectivity index (χ2n) is 2.31. The van der Waals surface area contributed by atoms with Gasteiger partial charge in [-0.1, -0.05) is 15.9 Å². The Bertz CT molecular complexity index is 270. The molecule has 0 saturated carbocycles. The van der Waals surface area contributed by atoms with Crippen LogP contribution in [0.25, 0.3) is 0 Å². The molecule has 1 nitrogen and oxygen atoms in total. The second-order valence-corrected chi connectivity index (χ2v) is 3.22. The lowest BCUT2D eigenvalue weighted by Crippen LogP contribution is -2.06. The van der Waals surface area contributed by atoms with Crippen LogP contribution >= 0.6 is 15.9 Å². The van der Waals surface area contributed by atoms with Crippen molar-refractivity contribution >= 4 is 15.9 Å². The molecule has 0 aliphatic rings. The molecule has 0 radical (unpaired) electrons. The largest absolute Gasteiger partial charge is 0.487 e. The summed E-state index contributed by atoms with van der Waals surface area (Å²) in [6.45, 7) is -0.726. The Morgan fingerprint density at radius 3 is 2.54 bits per heavy atom. The van der Waals surface area contributed by atoms with E-state index >= 15 is 0 Å². The van der Waals surface area contributed by atoms with E-state index in [4.69, 9.17) is 0 Å². The van der Waals surface area contributed by atoms with Gasteiger partial charge in [0.05, 0.1) is 0 Å². The molecule has 0 aromatic heterocycles. The van der Waals surface area contributed by atoms with Crippen LogP contribution in [0.5, 0.6) is 5.75 Å². The molecule has 1 rings (SSSR count). The van der Waals surface area contributed by atoms with Crippen molar-refractivity contribution in [3.05, 3.63) is 28.5 Å². The number of alkyl halides is 2. The van der Waals surface area contributed by atoms with Gasteiger partial charge in [0.15, 0.2) is 0 Å². The molecule has 1 aromatic carbocycles. The Morgan fingerprint density at radius 1 is 1.31 bits per heavy atom. The fourth-order valence-corrected chi connectivity index (χ4v) is 1.22. The Hall–Kier alpha value is -0.710. The van der Waals surface area contributed by atoms with Gasteiger partial charge in [-0.05, 0) is 12.1 Å². The molecule has 0 saturated heterocycles. The molecule has 0 N–H and O–H groups in total. The first-order valence-electron chi connectivity index (χ1n) is 3.45. The van der Waals surface area contributed by atoms with Crippen molar-refractivity contribution < 1.29 is 17.9 Å². The summed E-state index contributed by atoms with van der Waals surface area (Å²) in [5.41, 5.74) is 0. The predicted octanol–water partition coefficient (Wildman–Crippen LogP) is 3.23. The number of halogens is 4. The Balaban J connectivity index is 2.66. The number of hydrogen-bond acceptors (Lipinski definition) is 1. The quantitative estimate of drug-likeness (QED) is 0.805. The molecule has 1 aromatic rings. The normalized spacial score (nSPS) is 10.5. The summed E-state index contributed by atoms with van der Waals surface area (Å²) in [5, 5.41) is 0. The maximum Gasteiger partial charge on any atom is 0.272 e. The number of ether oxygens (including phenoxy) is 1. The van der Waals surface area contributed by atoms with Crippen LogP contribution in [0.4, 0.5) is 13.2 Å². The molecule has 0 aliphatic carbocycles. The van der Waals surface area contributed by atoms with Crippen LogP contribution in [0.3, 0.4) is 0 Å². The highest BCUT2D eigenvalue weighted by Gasteiger charge is 2.05. The SMILES string of the molecule is Fc1cc(Br)cc(OCC(F)F)c1. The molecule has 0 heterocycles. The molecular weight excluding hydrogens is 249 g/mol. The first-order chi connectivity index (χ1) is 6.08. The van der Waals surface area contributed by atoms with E-state index in [0.717, 1.165) is 6.07 Å². The highest BCUT2D eigenvalue weighted by atomic mass is 79.9. The molecule has 0 amide bonds. The van der Waals surface area contributed by atoms with Crippen LogP contribution in [0, 0.1) is 5.82 Å². The van der Waals surface area contributed by atoms with E-state index in [0.29, 0.717) is 4.47 Å². The summed E-state index contributed by atoms with van der Waals surface area (Å²) in [4.78, 5) is 0. The monoisotopic (exact) mass is 254 g/mol. The minimum absolute atomic E-state index is 0.0900. The molecule has 5 heteroatoms. The number of hydrogen-bond donors (Lipinski definition) is 0. The van der Waals surface area contributed by atoms with E-state index in [1.54, 1.807) is 0 Å². The fourth-order valence-electron chi connectivity index (χ4n) is 0.771. The highest BCUT2D eigenvalue weighted by molar-refractivity contribution is 9.10. The molecule has 0 spiro atoms. The van der Waals surface area contributed by atoms with Crippen LogP contribution in [0.15, 0.2) is 22.7 Å². The van der Waals surface area contributed by atoms with E-state index in [9.17, 15) is 13.2 Å². The third kappa shape index (κ3) is 3.67. The van der Waals surface area contributed by atoms with Crippen molar-refractivity contribution in [3.63, 3.8) is 0 Å². The molecule has 0 bridgehead atoms. The van der Waals surface area contributed by atoms with Crippen LogP contribution < -0.4 is 4.74 Å². The minimum Gasteiger partial charge on any atom is -0.487 e. The first kappa shape index (κ1) is 10.4. The third-order valence-corrected chi connectivity index (χ3v) is 1.67. The van der Waals surface area contributed by atoms with Gasteiger partial charge in [0.2, 0.25) is 0 Å². The third-order valence-electron chi connectivity index (χ3n) is 1.21. The number of benzene rings is 1. The van der Waals surface area contributed by atoms with Crippen LogP contribution in [-0.2, 0) is 0 Å². The van der Waals surface area contributed by atoms with E-state index in [1.165, 1.54) is 12.1 Å². The first-order valence-corrected chi connectivity index (χ1v) is 4.24. The Morgan fingerprint density at radius 2 is 2.00 bits per heavy atom. The van der Waals surface area contributed by atoms with E-state index in [1.807, 2.05) is 0 Å². The second kappa shape index (κ2) is 4.50. The zero-order chi connectivity index (χ0) is 9.84. The average molecular weight is 255 g/mol. The average Bonchev–Trinajstić information content (AvgIpc) is 1.99. The maximum absolute atomic E-state index is 12.7. The van der Waals surface area contributed by atoms with Gasteiger partial charge < -0.3 is 4.74 Å². The lowest BCUT2D eigenvalue weighted by molar-refractivity contribution is 0.0817. The Kier molecular flexibility index (Phi) is 3.59. The van der Waals surface area contributed by atoms with Gasteiger partial charge >= 0.3 is 0 Å². The van der Waals surface area contributed by atoms with Crippen molar-refractivity contribution in [1.82, 2.24) is 0 Å². The zero-order valence-electron chi connectivity index (χ0n) is 6.44. The van der Waals surface area contributed by atoms with Gasteiger partial charge in [-0.25, -0.2) is 13.2 Å². The summed E-state index contributed by atoms with van der Waals surface area (Å²) < 4.78 is 41.1. The summed E-state index contributed by atoms with van der Waals surface area (Å²) in [6, 6.07) is 3.69. The molecule has 0 fully saturated rings. The predicted molar refractivity (Wildman–Crippen MR) is 45.6 cm³/mol. The van der Waals surface area contributed by atoms with Gasteiger partial charge in [-0.2, -0.15) is 0 Å². The summed E-state index contributed by atoms with van der Waals surface area (Å²) in [7, 11) is 0. The van der Waals surface area contributed by atoms with Gasteiger partial charge in [-0.15, -0.1) is 0 Å². The van der Waals surface area contributed by atoms with Crippen molar-refractivity contribution in [2.24, 2.45) is 0 Å². The van der Waals surface area contributed by atoms with Gasteiger partial charge in [0.25, 0.3) is 6.43 Å². The fraction of sp³-hybridized carbons (Fsp3) is 0.250. The van der Waals surface area contributed by atoms with E-state index in [-0.39, 0.29) is 5.75 Å². The van der Waals surface area contributed by atoms with E-state index in [2.05, 4.69) is 20.7 Å². The molecule has 0 atom stereocenters. The van der Waals surface area contributed by atoms with Crippen molar-refractivity contribution in [2.45, 2.75) is 6.43 Å². The smallest absolute Gasteiger partial charge is 0.272 e. The standard InChI is InChI=1S/C8H6BrF3O/c9-5-1-6(10)3-7(2-5)13-4-8(11)12/h1-3,8H,4H2. The van der Waals surface area contributed by atoms with Crippen molar-refractivity contribution in [3.8, 4) is 5.75 Å². The maximum atomic E-state index is 12.7. The van der Waals surface area contributed by atoms with Crippen LogP contribution in [0.1, 0.15) is 0 Å². The van der Waals surface area contributed by atoms with Crippen molar-refractivity contribution in [1.29, 1.82) is 0 Å². The summed E-state index contributed by atoms with van der Waals surface area (Å²) in [6.07, 6.45) is -2.55. The van der Waals surface area contributed by atoms with Crippen LogP contribution in [-0.4, -0.2) is 13.0 Å². The Labute approximate surface area is 81.6 Å². The molecule has 13 heavy (non-hydrogen) atoms. The van der Waals surface area contributed by atoms with Crippen molar-refractivity contribution in [2.75, 3.05) is 6.61 Å². The topological polar surface area (TPSA) is 9.23 Å². The molecular formula is C8H6BrF3O. The molecule has 0 aliphatic heterocycles. The lowest BCUT2D eigenvalue weighted by Gasteiger charge is -2.05. The summed E-state index contributed by atoms with van der Waals surface area (Å²) in [5.74, 6) is -0.439. The van der Waals surface area contributed by atoms with Gasteiger partial charge in [0, 0.05) is 10.5 Å². The number of rotatable bonds is 3. The van der Waals surface area contributed by atoms with Gasteiger partial charge in [0.1, 0.15) is 18.2 Å². The summed E-state index contributed by atoms with van der Waals surface area (Å²) >= 11 is 3.01. The lowest BCUT2D eigenvalue weighted by atomic mass is 10.3. The highest BCUT2D eigenvalue weighted by Crippen LogP contribution is 2.20. The van der Waals surface area contributed by atoms with Gasteiger partial charge in [-0.3, -0.25) is 0 Å². The minimum atomic E-state index is -2.55. The molecule has 0 unspecified atom stereocenters.